The molecule has 3 rings (SSSR count). The predicted molar refractivity (Wildman–Crippen MR) is 114 cm³/mol. The van der Waals surface area contributed by atoms with Crippen LogP contribution in [0.2, 0.25) is 0 Å². The zero-order valence-corrected chi connectivity index (χ0v) is 18.2. The van der Waals surface area contributed by atoms with E-state index >= 15 is 0 Å². The van der Waals surface area contributed by atoms with Gasteiger partial charge in [0, 0.05) is 18.8 Å². The van der Waals surface area contributed by atoms with Crippen molar-refractivity contribution in [2.75, 3.05) is 23.3 Å². The third-order valence-electron chi connectivity index (χ3n) is 5.10. The number of nitrogens with one attached hydrogen (secondary N) is 1. The molecule has 1 aliphatic rings. The van der Waals surface area contributed by atoms with Gasteiger partial charge in [-0.25, -0.2) is 18.4 Å². The first-order valence-electron chi connectivity index (χ1n) is 9.78. The van der Waals surface area contributed by atoms with Gasteiger partial charge in [0.05, 0.1) is 22.5 Å². The third-order valence-corrected chi connectivity index (χ3v) is 7.50. The summed E-state index contributed by atoms with van der Waals surface area (Å²) in [4.78, 5) is 23.3. The van der Waals surface area contributed by atoms with E-state index in [0.29, 0.717) is 12.4 Å². The van der Waals surface area contributed by atoms with Gasteiger partial charge in [-0.05, 0) is 64.8 Å². The number of hydrogen-bond acceptors (Lipinski definition) is 6. The van der Waals surface area contributed by atoms with Crippen LogP contribution in [-0.2, 0) is 14.6 Å². The third kappa shape index (κ3) is 4.75. The van der Waals surface area contributed by atoms with E-state index < -0.39 is 14.6 Å². The van der Waals surface area contributed by atoms with Gasteiger partial charge in [0.25, 0.3) is 0 Å². The molecule has 2 aromatic heterocycles. The Morgan fingerprint density at radius 2 is 1.97 bits per heavy atom. The van der Waals surface area contributed by atoms with Crippen LogP contribution in [0, 0.1) is 12.8 Å². The molecule has 1 saturated heterocycles. The van der Waals surface area contributed by atoms with E-state index in [4.69, 9.17) is 0 Å². The summed E-state index contributed by atoms with van der Waals surface area (Å²) in [5.41, 5.74) is 1.67. The second kappa shape index (κ2) is 8.10. The maximum absolute atomic E-state index is 12.7. The molecule has 156 valence electrons. The number of aryl methyl sites for hydroxylation is 1. The zero-order valence-electron chi connectivity index (χ0n) is 17.3. The van der Waals surface area contributed by atoms with E-state index in [-0.39, 0.29) is 16.9 Å². The Morgan fingerprint density at radius 1 is 1.21 bits per heavy atom. The lowest BCUT2D eigenvalue weighted by Crippen LogP contribution is -2.41. The number of sulfone groups is 1. The normalized spacial score (nSPS) is 17.8. The number of hydrogen-bond donors (Lipinski definition) is 1. The molecule has 1 atom stereocenters. The Hall–Kier alpha value is -2.48. The van der Waals surface area contributed by atoms with Crippen molar-refractivity contribution in [2.45, 2.75) is 50.3 Å². The average molecular weight is 417 g/mol. The second-order valence-corrected chi connectivity index (χ2v) is 11.1. The van der Waals surface area contributed by atoms with E-state index in [9.17, 15) is 13.2 Å². The number of carbonyl (C=O) groups is 1. The van der Waals surface area contributed by atoms with Crippen LogP contribution in [0.5, 0.6) is 0 Å². The molecular weight excluding hydrogens is 388 g/mol. The van der Waals surface area contributed by atoms with Crippen LogP contribution in [0.15, 0.2) is 41.6 Å². The van der Waals surface area contributed by atoms with E-state index in [1.165, 1.54) is 0 Å². The minimum Gasteiger partial charge on any atom is -0.369 e. The smallest absolute Gasteiger partial charge is 0.230 e. The Balaban J connectivity index is 1.70. The second-order valence-electron chi connectivity index (χ2n) is 8.41. The number of piperidine rings is 1. The highest BCUT2D eigenvalue weighted by molar-refractivity contribution is 7.92. The molecule has 0 aliphatic carbocycles. The molecule has 7 nitrogen and oxygen atoms in total. The van der Waals surface area contributed by atoms with Crippen molar-refractivity contribution in [3.05, 3.63) is 42.2 Å². The van der Waals surface area contributed by atoms with E-state index in [0.717, 1.165) is 30.8 Å². The van der Waals surface area contributed by atoms with Crippen molar-refractivity contribution in [3.8, 4) is 0 Å². The molecule has 1 fully saturated rings. The molecule has 8 heteroatoms. The minimum absolute atomic E-state index is 0.0484. The van der Waals surface area contributed by atoms with Crippen LogP contribution in [-0.4, -0.2) is 42.1 Å². The van der Waals surface area contributed by atoms with Crippen molar-refractivity contribution >= 4 is 27.2 Å². The zero-order chi connectivity index (χ0) is 21.2. The molecule has 1 aliphatic heterocycles. The van der Waals surface area contributed by atoms with Crippen LogP contribution < -0.4 is 10.2 Å². The van der Waals surface area contributed by atoms with Crippen LogP contribution in [0.25, 0.3) is 0 Å². The topological polar surface area (TPSA) is 92.3 Å². The monoisotopic (exact) mass is 416 g/mol. The standard InChI is InChI=1S/C21H28N4O3S/c1-15-7-5-9-18(23-15)24-20(26)16-8-6-12-25(14-16)17-10-11-19(22-13-17)29(27,28)21(2,3)4/h5,7,9-11,13,16H,6,8,12,14H2,1-4H3,(H,23,24,26). The molecule has 1 unspecified atom stereocenters. The van der Waals surface area contributed by atoms with Crippen LogP contribution in [0.4, 0.5) is 11.5 Å². The molecule has 1 amide bonds. The Kier molecular flexibility index (Phi) is 5.93. The number of rotatable bonds is 4. The quantitative estimate of drug-likeness (QED) is 0.823. The molecule has 0 spiro atoms. The van der Waals surface area contributed by atoms with E-state index in [1.807, 2.05) is 19.1 Å². The summed E-state index contributed by atoms with van der Waals surface area (Å²) in [6.07, 6.45) is 3.26. The summed E-state index contributed by atoms with van der Waals surface area (Å²) >= 11 is 0. The van der Waals surface area contributed by atoms with Gasteiger partial charge < -0.3 is 10.2 Å². The lowest BCUT2D eigenvalue weighted by Gasteiger charge is -2.33. The molecule has 2 aromatic rings. The maximum atomic E-state index is 12.7. The van der Waals surface area contributed by atoms with Gasteiger partial charge >= 0.3 is 0 Å². The number of anilines is 2. The first-order valence-corrected chi connectivity index (χ1v) is 11.3. The first kappa shape index (κ1) is 21.2. The molecule has 3 heterocycles. The number of aromatic nitrogens is 2. The largest absolute Gasteiger partial charge is 0.369 e. The number of nitrogens with zero attached hydrogens (tertiary/aromatic N) is 3. The molecule has 0 aromatic carbocycles. The van der Waals surface area contributed by atoms with Crippen molar-refractivity contribution in [3.63, 3.8) is 0 Å². The molecule has 0 radical (unpaired) electrons. The molecule has 29 heavy (non-hydrogen) atoms. The van der Waals surface area contributed by atoms with Crippen LogP contribution in [0.1, 0.15) is 39.3 Å². The predicted octanol–water partition coefficient (Wildman–Crippen LogP) is 3.21. The van der Waals surface area contributed by atoms with Gasteiger partial charge in [0.2, 0.25) is 5.91 Å². The van der Waals surface area contributed by atoms with Gasteiger partial charge in [0.1, 0.15) is 5.82 Å². The highest BCUT2D eigenvalue weighted by Gasteiger charge is 2.32. The molecular formula is C21H28N4O3S. The summed E-state index contributed by atoms with van der Waals surface area (Å²) in [6.45, 7) is 8.23. The summed E-state index contributed by atoms with van der Waals surface area (Å²) in [5, 5.41) is 2.97. The van der Waals surface area contributed by atoms with E-state index in [1.54, 1.807) is 45.2 Å². The van der Waals surface area contributed by atoms with Gasteiger partial charge in [-0.1, -0.05) is 6.07 Å². The first-order chi connectivity index (χ1) is 13.6. The van der Waals surface area contributed by atoms with Gasteiger partial charge in [-0.3, -0.25) is 4.79 Å². The number of amides is 1. The van der Waals surface area contributed by atoms with Gasteiger partial charge in [-0.15, -0.1) is 0 Å². The number of carbonyl (C=O) groups excluding carboxylic acids is 1. The SMILES string of the molecule is Cc1cccc(NC(=O)C2CCCN(c3ccc(S(=O)(=O)C(C)(C)C)nc3)C2)n1. The van der Waals surface area contributed by atoms with Crippen LogP contribution in [0.3, 0.4) is 0 Å². The maximum Gasteiger partial charge on any atom is 0.230 e. The lowest BCUT2D eigenvalue weighted by atomic mass is 9.97. The van der Waals surface area contributed by atoms with Gasteiger partial charge in [-0.2, -0.15) is 0 Å². The Morgan fingerprint density at radius 3 is 2.59 bits per heavy atom. The van der Waals surface area contributed by atoms with Gasteiger partial charge in [0.15, 0.2) is 14.9 Å². The van der Waals surface area contributed by atoms with Crippen molar-refractivity contribution in [2.24, 2.45) is 5.92 Å². The van der Waals surface area contributed by atoms with Crippen molar-refractivity contribution < 1.29 is 13.2 Å². The van der Waals surface area contributed by atoms with Crippen molar-refractivity contribution in [1.82, 2.24) is 9.97 Å². The summed E-state index contributed by atoms with van der Waals surface area (Å²) in [6, 6.07) is 8.85. The summed E-state index contributed by atoms with van der Waals surface area (Å²) in [7, 11) is -3.49. The van der Waals surface area contributed by atoms with Crippen molar-refractivity contribution in [1.29, 1.82) is 0 Å². The van der Waals surface area contributed by atoms with E-state index in [2.05, 4.69) is 20.2 Å². The summed E-state index contributed by atoms with van der Waals surface area (Å²) < 4.78 is 24.2. The fourth-order valence-electron chi connectivity index (χ4n) is 3.30. The number of pyridine rings is 2. The van der Waals surface area contributed by atoms with Crippen LogP contribution >= 0.6 is 0 Å². The average Bonchev–Trinajstić information content (AvgIpc) is 2.67. The Labute approximate surface area is 172 Å². The molecule has 0 bridgehead atoms. The highest BCUT2D eigenvalue weighted by Crippen LogP contribution is 2.27. The fourth-order valence-corrected chi connectivity index (χ4v) is 4.36. The minimum atomic E-state index is -3.49. The highest BCUT2D eigenvalue weighted by atomic mass is 32.2. The summed E-state index contributed by atoms with van der Waals surface area (Å²) in [5.74, 6) is 0.349. The Bertz CT molecular complexity index is 982. The fraction of sp³-hybridized carbons (Fsp3) is 0.476. The molecule has 1 N–H and O–H groups in total. The molecule has 0 saturated carbocycles. The lowest BCUT2D eigenvalue weighted by molar-refractivity contribution is -0.120.